The van der Waals surface area contributed by atoms with E-state index in [0.717, 1.165) is 16.7 Å². The fourth-order valence-electron chi connectivity index (χ4n) is 2.56. The van der Waals surface area contributed by atoms with Gasteiger partial charge in [0.25, 0.3) is 0 Å². The smallest absolute Gasteiger partial charge is 0.217 e. The van der Waals surface area contributed by atoms with E-state index < -0.39 is 10.7 Å². The number of ether oxygens (including phenoxy) is 1. The zero-order chi connectivity index (χ0) is 16.2. The van der Waals surface area contributed by atoms with Crippen molar-refractivity contribution in [3.8, 4) is 0 Å². The summed E-state index contributed by atoms with van der Waals surface area (Å²) in [6, 6.07) is 16.3. The van der Waals surface area contributed by atoms with Gasteiger partial charge < -0.3 is 9.84 Å². The van der Waals surface area contributed by atoms with E-state index in [-0.39, 0.29) is 24.5 Å². The van der Waals surface area contributed by atoms with Gasteiger partial charge in [0.1, 0.15) is 16.7 Å². The molecule has 0 unspecified atom stereocenters. The van der Waals surface area contributed by atoms with Crippen LogP contribution >= 0.6 is 0 Å². The predicted molar refractivity (Wildman–Crippen MR) is 88.1 cm³/mol. The van der Waals surface area contributed by atoms with Crippen LogP contribution in [0.4, 0.5) is 0 Å². The summed E-state index contributed by atoms with van der Waals surface area (Å²) in [6.07, 6.45) is -0.370. The van der Waals surface area contributed by atoms with Crippen molar-refractivity contribution in [3.63, 3.8) is 0 Å². The molecule has 0 aliphatic carbocycles. The number of hydrogen-bond donors (Lipinski definition) is 2. The lowest BCUT2D eigenvalue weighted by Crippen LogP contribution is -2.18. The SMILES string of the molecule is O=[SH](=O)Cc1ccc([C@H]2OC(c3ccccc3)=N[C@@H]2CO)cc1. The molecule has 2 aromatic carbocycles. The summed E-state index contributed by atoms with van der Waals surface area (Å²) < 4.78 is 27.5. The highest BCUT2D eigenvalue weighted by molar-refractivity contribution is 7.71. The van der Waals surface area contributed by atoms with Crippen molar-refractivity contribution in [3.05, 3.63) is 71.3 Å². The Kier molecular flexibility index (Phi) is 4.73. The Balaban J connectivity index is 1.81. The molecule has 2 aromatic rings. The molecule has 1 aliphatic heterocycles. The zero-order valence-electron chi connectivity index (χ0n) is 12.3. The van der Waals surface area contributed by atoms with E-state index in [2.05, 4.69) is 4.99 Å². The molecular weight excluding hydrogens is 314 g/mol. The third-order valence-corrected chi connectivity index (χ3v) is 4.32. The second kappa shape index (κ2) is 6.93. The first-order valence-corrected chi connectivity index (χ1v) is 8.65. The quantitative estimate of drug-likeness (QED) is 0.817. The van der Waals surface area contributed by atoms with Crippen LogP contribution in [-0.4, -0.2) is 32.1 Å². The van der Waals surface area contributed by atoms with E-state index in [1.165, 1.54) is 0 Å². The summed E-state index contributed by atoms with van der Waals surface area (Å²) in [5, 5.41) is 9.57. The van der Waals surface area contributed by atoms with Crippen LogP contribution in [-0.2, 0) is 21.2 Å². The maximum Gasteiger partial charge on any atom is 0.217 e. The third kappa shape index (κ3) is 3.60. The Morgan fingerprint density at radius 3 is 2.35 bits per heavy atom. The number of aliphatic imine (C=N–C) groups is 1. The summed E-state index contributed by atoms with van der Waals surface area (Å²) in [4.78, 5) is 4.45. The summed E-state index contributed by atoms with van der Waals surface area (Å²) in [6.45, 7) is -0.116. The molecule has 0 radical (unpaired) electrons. The first-order chi connectivity index (χ1) is 11.2. The first kappa shape index (κ1) is 15.7. The monoisotopic (exact) mass is 331 g/mol. The van der Waals surface area contributed by atoms with Crippen LogP contribution in [0.2, 0.25) is 0 Å². The maximum absolute atomic E-state index is 10.8. The summed E-state index contributed by atoms with van der Waals surface area (Å²) in [7, 11) is -2.44. The Morgan fingerprint density at radius 1 is 1.04 bits per heavy atom. The number of benzene rings is 2. The average molecular weight is 331 g/mol. The summed E-state index contributed by atoms with van der Waals surface area (Å²) in [5.41, 5.74) is 2.46. The molecule has 0 amide bonds. The highest BCUT2D eigenvalue weighted by atomic mass is 32.2. The highest BCUT2D eigenvalue weighted by Crippen LogP contribution is 2.31. The van der Waals surface area contributed by atoms with Gasteiger partial charge >= 0.3 is 0 Å². The Labute approximate surface area is 136 Å². The zero-order valence-corrected chi connectivity index (χ0v) is 13.2. The van der Waals surface area contributed by atoms with E-state index in [0.29, 0.717) is 5.90 Å². The average Bonchev–Trinajstić information content (AvgIpc) is 3.00. The van der Waals surface area contributed by atoms with Crippen molar-refractivity contribution in [2.45, 2.75) is 17.9 Å². The summed E-state index contributed by atoms with van der Waals surface area (Å²) >= 11 is 0. The topological polar surface area (TPSA) is 76.0 Å². The fourth-order valence-corrected chi connectivity index (χ4v) is 3.07. The predicted octanol–water partition coefficient (Wildman–Crippen LogP) is 1.68. The standard InChI is InChI=1S/C17H17NO4S/c19-10-15-16(13-8-6-12(7-9-13)11-23(20)21)22-17(18-15)14-4-2-1-3-5-14/h1-9,15-16,19,23H,10-11H2/t15-,16-/m1/s1. The third-order valence-electron chi connectivity index (χ3n) is 3.70. The van der Waals surface area contributed by atoms with Gasteiger partial charge in [-0.3, -0.25) is 0 Å². The number of aliphatic hydroxyl groups excluding tert-OH is 1. The van der Waals surface area contributed by atoms with Crippen molar-refractivity contribution < 1.29 is 18.3 Å². The normalized spacial score (nSPS) is 20.3. The van der Waals surface area contributed by atoms with Crippen LogP contribution in [0.5, 0.6) is 0 Å². The van der Waals surface area contributed by atoms with Gasteiger partial charge in [-0.1, -0.05) is 42.5 Å². The molecule has 1 aliphatic rings. The van der Waals surface area contributed by atoms with E-state index in [1.807, 2.05) is 42.5 Å². The molecule has 1 heterocycles. The molecule has 6 heteroatoms. The van der Waals surface area contributed by atoms with Gasteiger partial charge in [-0.05, 0) is 23.3 Å². The van der Waals surface area contributed by atoms with E-state index >= 15 is 0 Å². The van der Waals surface area contributed by atoms with Crippen LogP contribution in [0.1, 0.15) is 22.8 Å². The van der Waals surface area contributed by atoms with Gasteiger partial charge in [-0.15, -0.1) is 0 Å². The van der Waals surface area contributed by atoms with Gasteiger partial charge in [0.2, 0.25) is 5.90 Å². The van der Waals surface area contributed by atoms with Gasteiger partial charge in [0.15, 0.2) is 6.10 Å². The molecule has 5 nitrogen and oxygen atoms in total. The summed E-state index contributed by atoms with van der Waals surface area (Å²) in [5.74, 6) is 0.539. The minimum absolute atomic E-state index is 0.0241. The van der Waals surface area contributed by atoms with Gasteiger partial charge in [0.05, 0.1) is 12.4 Å². The lowest BCUT2D eigenvalue weighted by atomic mass is 10.0. The lowest BCUT2D eigenvalue weighted by Gasteiger charge is -2.16. The number of aliphatic hydroxyl groups is 1. The molecule has 2 atom stereocenters. The van der Waals surface area contributed by atoms with Crippen molar-refractivity contribution in [2.24, 2.45) is 4.99 Å². The molecule has 0 fully saturated rings. The molecule has 0 bridgehead atoms. The largest absolute Gasteiger partial charge is 0.467 e. The van der Waals surface area contributed by atoms with E-state index in [1.54, 1.807) is 12.1 Å². The van der Waals surface area contributed by atoms with Crippen LogP contribution in [0, 0.1) is 0 Å². The maximum atomic E-state index is 10.8. The van der Waals surface area contributed by atoms with Crippen LogP contribution in [0.15, 0.2) is 59.6 Å². The fraction of sp³-hybridized carbons (Fsp3) is 0.235. The van der Waals surface area contributed by atoms with Gasteiger partial charge in [0, 0.05) is 5.56 Å². The molecule has 0 saturated heterocycles. The van der Waals surface area contributed by atoms with Crippen molar-refractivity contribution >= 4 is 16.6 Å². The second-order valence-electron chi connectivity index (χ2n) is 5.32. The Bertz CT molecular complexity index is 761. The van der Waals surface area contributed by atoms with Crippen molar-refractivity contribution in [1.29, 1.82) is 0 Å². The minimum atomic E-state index is -2.44. The molecule has 0 spiro atoms. The second-order valence-corrected chi connectivity index (χ2v) is 6.30. The molecule has 0 saturated carbocycles. The van der Waals surface area contributed by atoms with Gasteiger partial charge in [-0.25, -0.2) is 13.4 Å². The molecule has 1 N–H and O–H groups in total. The molecular formula is C17H17NO4S. The van der Waals surface area contributed by atoms with Crippen molar-refractivity contribution in [1.82, 2.24) is 0 Å². The lowest BCUT2D eigenvalue weighted by molar-refractivity contribution is 0.152. The molecule has 120 valence electrons. The highest BCUT2D eigenvalue weighted by Gasteiger charge is 2.32. The van der Waals surface area contributed by atoms with Gasteiger partial charge in [-0.2, -0.15) is 0 Å². The number of thiol groups is 1. The van der Waals surface area contributed by atoms with E-state index in [4.69, 9.17) is 4.74 Å². The Hall–Kier alpha value is -2.18. The van der Waals surface area contributed by atoms with Crippen molar-refractivity contribution in [2.75, 3.05) is 6.61 Å². The van der Waals surface area contributed by atoms with Crippen LogP contribution in [0.25, 0.3) is 0 Å². The number of rotatable bonds is 5. The van der Waals surface area contributed by atoms with E-state index in [9.17, 15) is 13.5 Å². The molecule has 3 rings (SSSR count). The number of hydrogen-bond acceptors (Lipinski definition) is 5. The first-order valence-electron chi connectivity index (χ1n) is 7.29. The van der Waals surface area contributed by atoms with Crippen LogP contribution in [0.3, 0.4) is 0 Å². The minimum Gasteiger partial charge on any atom is -0.467 e. The Morgan fingerprint density at radius 2 is 1.74 bits per heavy atom. The molecule has 23 heavy (non-hydrogen) atoms. The number of nitrogens with zero attached hydrogens (tertiary/aromatic N) is 1. The van der Waals surface area contributed by atoms with Crippen LogP contribution < -0.4 is 0 Å². The molecule has 0 aromatic heterocycles.